The lowest BCUT2D eigenvalue weighted by Gasteiger charge is -2.46. The van der Waals surface area contributed by atoms with E-state index in [-0.39, 0.29) is 17.7 Å². The number of piperidine rings is 1. The van der Waals surface area contributed by atoms with Gasteiger partial charge in [0.05, 0.1) is 31.5 Å². The molecule has 0 radical (unpaired) electrons. The number of hydrogen-bond acceptors (Lipinski definition) is 5. The molecule has 0 aromatic heterocycles. The lowest BCUT2D eigenvalue weighted by Crippen LogP contribution is -2.53. The molecule has 3 unspecified atom stereocenters. The standard InChI is InChI=1S/C24H37NO4/c1-24(2,3)29-23-14-25-10-9-17-11-22(28-15-16-7-5-6-8-16)21(27-4)12-18(17)19(25)13-20(23)26/h11-12,16,19-20,23,26H,5-10,13-15H2,1-4H3. The van der Waals surface area contributed by atoms with Crippen LogP contribution in [0.15, 0.2) is 12.1 Å². The number of nitrogens with zero attached hydrogens (tertiary/aromatic N) is 1. The fourth-order valence-electron chi connectivity index (χ4n) is 5.22. The molecule has 1 aromatic carbocycles. The van der Waals surface area contributed by atoms with Gasteiger partial charge in [0, 0.05) is 19.1 Å². The van der Waals surface area contributed by atoms with Crippen LogP contribution in [0.2, 0.25) is 0 Å². The third-order valence-electron chi connectivity index (χ3n) is 6.66. The maximum absolute atomic E-state index is 10.8. The Kier molecular flexibility index (Phi) is 6.10. The minimum absolute atomic E-state index is 0.135. The number of aliphatic hydroxyl groups is 1. The first-order valence-corrected chi connectivity index (χ1v) is 11.3. The third-order valence-corrected chi connectivity index (χ3v) is 6.66. The van der Waals surface area contributed by atoms with Crippen molar-refractivity contribution in [2.45, 2.75) is 83.1 Å². The van der Waals surface area contributed by atoms with E-state index in [2.05, 4.69) is 37.8 Å². The predicted molar refractivity (Wildman–Crippen MR) is 114 cm³/mol. The Morgan fingerprint density at radius 1 is 1.14 bits per heavy atom. The maximum Gasteiger partial charge on any atom is 0.161 e. The van der Waals surface area contributed by atoms with Crippen molar-refractivity contribution in [3.05, 3.63) is 23.3 Å². The minimum atomic E-state index is -0.453. The average Bonchev–Trinajstić information content (AvgIpc) is 3.19. The Bertz CT molecular complexity index is 708. The van der Waals surface area contributed by atoms with Crippen LogP contribution in [0.25, 0.3) is 0 Å². The van der Waals surface area contributed by atoms with Gasteiger partial charge in [0.15, 0.2) is 11.5 Å². The van der Waals surface area contributed by atoms with Crippen LogP contribution in [0, 0.1) is 5.92 Å². The zero-order valence-electron chi connectivity index (χ0n) is 18.4. The van der Waals surface area contributed by atoms with Gasteiger partial charge in [-0.15, -0.1) is 0 Å². The van der Waals surface area contributed by atoms with Gasteiger partial charge in [0.1, 0.15) is 0 Å². The number of fused-ring (bicyclic) bond motifs is 3. The topological polar surface area (TPSA) is 51.2 Å². The van der Waals surface area contributed by atoms with Gasteiger partial charge in [0.2, 0.25) is 0 Å². The Balaban J connectivity index is 1.51. The first-order valence-electron chi connectivity index (χ1n) is 11.3. The van der Waals surface area contributed by atoms with Crippen LogP contribution in [0.4, 0.5) is 0 Å². The van der Waals surface area contributed by atoms with Gasteiger partial charge in [-0.3, -0.25) is 4.90 Å². The normalized spacial score (nSPS) is 28.1. The molecule has 0 bridgehead atoms. The highest BCUT2D eigenvalue weighted by molar-refractivity contribution is 5.49. The Morgan fingerprint density at radius 2 is 1.90 bits per heavy atom. The highest BCUT2D eigenvalue weighted by Crippen LogP contribution is 2.43. The first kappa shape index (κ1) is 21.0. The Labute approximate surface area is 175 Å². The summed E-state index contributed by atoms with van der Waals surface area (Å²) in [7, 11) is 1.72. The number of hydrogen-bond donors (Lipinski definition) is 1. The second-order valence-electron chi connectivity index (χ2n) is 10.00. The summed E-state index contributed by atoms with van der Waals surface area (Å²) < 4.78 is 18.0. The molecule has 3 aliphatic rings. The van der Waals surface area contributed by atoms with Crippen molar-refractivity contribution in [1.82, 2.24) is 4.90 Å². The average molecular weight is 404 g/mol. The molecule has 5 nitrogen and oxygen atoms in total. The third kappa shape index (κ3) is 4.73. The van der Waals surface area contributed by atoms with Crippen molar-refractivity contribution in [2.24, 2.45) is 5.92 Å². The van der Waals surface area contributed by atoms with Crippen molar-refractivity contribution in [3.63, 3.8) is 0 Å². The molecule has 2 heterocycles. The quantitative estimate of drug-likeness (QED) is 0.802. The van der Waals surface area contributed by atoms with Crippen LogP contribution in [-0.2, 0) is 11.2 Å². The van der Waals surface area contributed by atoms with Crippen LogP contribution in [0.1, 0.15) is 70.0 Å². The van der Waals surface area contributed by atoms with Crippen LogP contribution in [0.3, 0.4) is 0 Å². The zero-order chi connectivity index (χ0) is 20.6. The monoisotopic (exact) mass is 403 g/mol. The molecule has 2 aliphatic heterocycles. The summed E-state index contributed by atoms with van der Waals surface area (Å²) in [6.45, 7) is 8.70. The number of ether oxygens (including phenoxy) is 3. The molecular weight excluding hydrogens is 366 g/mol. The molecule has 0 spiro atoms. The predicted octanol–water partition coefficient (Wildman–Crippen LogP) is 4.11. The summed E-state index contributed by atoms with van der Waals surface area (Å²) in [4.78, 5) is 2.46. The maximum atomic E-state index is 10.8. The molecule has 3 atom stereocenters. The molecule has 1 saturated carbocycles. The fourth-order valence-corrected chi connectivity index (χ4v) is 5.22. The van der Waals surface area contributed by atoms with Gasteiger partial charge in [0.25, 0.3) is 0 Å². The molecule has 1 aliphatic carbocycles. The lowest BCUT2D eigenvalue weighted by molar-refractivity contribution is -0.149. The number of rotatable bonds is 5. The van der Waals surface area contributed by atoms with Crippen LogP contribution < -0.4 is 9.47 Å². The van der Waals surface area contributed by atoms with E-state index in [9.17, 15) is 5.11 Å². The van der Waals surface area contributed by atoms with E-state index >= 15 is 0 Å². The van der Waals surface area contributed by atoms with Crippen molar-refractivity contribution in [1.29, 1.82) is 0 Å². The SMILES string of the molecule is COc1cc2c(cc1OCC1CCCC1)CCN1CC(OC(C)(C)C)C(O)CC21. The highest BCUT2D eigenvalue weighted by Gasteiger charge is 2.40. The second kappa shape index (κ2) is 8.44. The van der Waals surface area contributed by atoms with Gasteiger partial charge in [-0.05, 0) is 75.6 Å². The molecular formula is C24H37NO4. The van der Waals surface area contributed by atoms with Crippen LogP contribution >= 0.6 is 0 Å². The smallest absolute Gasteiger partial charge is 0.161 e. The summed E-state index contributed by atoms with van der Waals surface area (Å²) in [5, 5.41) is 10.8. The number of aliphatic hydroxyl groups excluding tert-OH is 1. The van der Waals surface area contributed by atoms with E-state index in [1.54, 1.807) is 7.11 Å². The molecule has 1 aromatic rings. The van der Waals surface area contributed by atoms with Crippen molar-refractivity contribution < 1.29 is 19.3 Å². The van der Waals surface area contributed by atoms with Crippen LogP contribution in [0.5, 0.6) is 11.5 Å². The minimum Gasteiger partial charge on any atom is -0.493 e. The summed E-state index contributed by atoms with van der Waals surface area (Å²) in [6.07, 6.45) is 6.31. The second-order valence-corrected chi connectivity index (χ2v) is 10.00. The number of benzene rings is 1. The molecule has 162 valence electrons. The van der Waals surface area contributed by atoms with Gasteiger partial charge < -0.3 is 19.3 Å². The van der Waals surface area contributed by atoms with Crippen molar-refractivity contribution >= 4 is 0 Å². The highest BCUT2D eigenvalue weighted by atomic mass is 16.5. The van der Waals surface area contributed by atoms with Crippen LogP contribution in [-0.4, -0.2) is 54.6 Å². The summed E-state index contributed by atoms with van der Waals surface area (Å²) in [6, 6.07) is 4.55. The molecule has 1 N–H and O–H groups in total. The summed E-state index contributed by atoms with van der Waals surface area (Å²) in [5.41, 5.74) is 2.35. The largest absolute Gasteiger partial charge is 0.493 e. The Morgan fingerprint density at radius 3 is 2.59 bits per heavy atom. The van der Waals surface area contributed by atoms with E-state index in [4.69, 9.17) is 14.2 Å². The molecule has 2 fully saturated rings. The first-order chi connectivity index (χ1) is 13.8. The molecule has 0 amide bonds. The van der Waals surface area contributed by atoms with Gasteiger partial charge >= 0.3 is 0 Å². The number of methoxy groups -OCH3 is 1. The molecule has 4 rings (SSSR count). The van der Waals surface area contributed by atoms with Crippen molar-refractivity contribution in [3.8, 4) is 11.5 Å². The van der Waals surface area contributed by atoms with E-state index < -0.39 is 6.10 Å². The zero-order valence-corrected chi connectivity index (χ0v) is 18.4. The molecule has 1 saturated heterocycles. The van der Waals surface area contributed by atoms with E-state index in [0.29, 0.717) is 12.3 Å². The van der Waals surface area contributed by atoms with Gasteiger partial charge in [-0.1, -0.05) is 12.8 Å². The summed E-state index contributed by atoms with van der Waals surface area (Å²) >= 11 is 0. The molecule has 5 heteroatoms. The molecule has 29 heavy (non-hydrogen) atoms. The van der Waals surface area contributed by atoms with Crippen molar-refractivity contribution in [2.75, 3.05) is 26.8 Å². The van der Waals surface area contributed by atoms with Gasteiger partial charge in [-0.25, -0.2) is 0 Å². The van der Waals surface area contributed by atoms with E-state index in [1.165, 1.54) is 36.8 Å². The van der Waals surface area contributed by atoms with E-state index in [1.807, 2.05) is 0 Å². The summed E-state index contributed by atoms with van der Waals surface area (Å²) in [5.74, 6) is 2.36. The fraction of sp³-hybridized carbons (Fsp3) is 0.750. The van der Waals surface area contributed by atoms with Gasteiger partial charge in [-0.2, -0.15) is 0 Å². The lowest BCUT2D eigenvalue weighted by atomic mass is 9.84. The van der Waals surface area contributed by atoms with E-state index in [0.717, 1.165) is 37.6 Å². The Hall–Kier alpha value is -1.30.